The second-order valence-electron chi connectivity index (χ2n) is 11.3. The number of hydrogen-bond donors (Lipinski definition) is 0. The topological polar surface area (TPSA) is 3.24 Å². The molecule has 2 aromatic rings. The van der Waals surface area contributed by atoms with E-state index < -0.39 is 7.92 Å². The molecule has 0 aromatic heterocycles. The number of hydrogen-bond acceptors (Lipinski definition) is 1. The van der Waals surface area contributed by atoms with Crippen LogP contribution in [0.5, 0.6) is 0 Å². The maximum atomic E-state index is 2.66. The molecular weight excluding hydrogens is 472 g/mol. The van der Waals surface area contributed by atoms with E-state index in [2.05, 4.69) is 91.8 Å². The largest absolute Gasteiger partial charge is 0.309 e. The molecular formula is C33H45NP2. The monoisotopic (exact) mass is 517 g/mol. The molecule has 0 aliphatic heterocycles. The van der Waals surface area contributed by atoms with Crippen LogP contribution in [0.1, 0.15) is 70.6 Å². The Balaban J connectivity index is 1.61. The summed E-state index contributed by atoms with van der Waals surface area (Å²) in [6.07, 6.45) is 21.1. The molecule has 3 heteroatoms. The Morgan fingerprint density at radius 2 is 1.19 bits per heavy atom. The van der Waals surface area contributed by atoms with Crippen molar-refractivity contribution in [2.75, 3.05) is 20.6 Å². The molecule has 5 rings (SSSR count). The van der Waals surface area contributed by atoms with Crippen LogP contribution in [0, 0.1) is 0 Å². The Kier molecular flexibility index (Phi) is 9.52. The van der Waals surface area contributed by atoms with Gasteiger partial charge in [0.25, 0.3) is 0 Å². The molecule has 3 aliphatic carbocycles. The molecule has 192 valence electrons. The number of nitrogens with zero attached hydrogens (tertiary/aromatic N) is 1. The summed E-state index contributed by atoms with van der Waals surface area (Å²) in [6.45, 7) is 1.16. The molecule has 0 heterocycles. The molecule has 0 spiro atoms. The van der Waals surface area contributed by atoms with Gasteiger partial charge in [-0.15, -0.1) is 0 Å². The van der Waals surface area contributed by atoms with Crippen molar-refractivity contribution in [1.82, 2.24) is 4.90 Å². The van der Waals surface area contributed by atoms with Crippen molar-refractivity contribution in [1.29, 1.82) is 0 Å². The Morgan fingerprint density at radius 3 is 1.67 bits per heavy atom. The van der Waals surface area contributed by atoms with Gasteiger partial charge >= 0.3 is 0 Å². The third-order valence-corrected chi connectivity index (χ3v) is 15.1. The van der Waals surface area contributed by atoms with Crippen LogP contribution in [0.4, 0.5) is 0 Å². The van der Waals surface area contributed by atoms with Crippen LogP contribution in [-0.2, 0) is 0 Å². The Bertz CT molecular complexity index is 943. The zero-order chi connectivity index (χ0) is 24.7. The minimum absolute atomic E-state index is 0.106. The van der Waals surface area contributed by atoms with Gasteiger partial charge in [-0.1, -0.05) is 119 Å². The summed E-state index contributed by atoms with van der Waals surface area (Å²) >= 11 is 0. The summed E-state index contributed by atoms with van der Waals surface area (Å²) in [6, 6.07) is 23.0. The van der Waals surface area contributed by atoms with E-state index in [0.717, 1.165) is 17.9 Å². The molecule has 0 bridgehead atoms. The van der Waals surface area contributed by atoms with Gasteiger partial charge in [0.05, 0.1) is 0 Å². The average molecular weight is 518 g/mol. The summed E-state index contributed by atoms with van der Waals surface area (Å²) < 4.78 is 0. The zero-order valence-corrected chi connectivity index (χ0v) is 24.3. The molecule has 0 saturated heterocycles. The smallest absolute Gasteiger partial charge is 0.0312 e. The lowest BCUT2D eigenvalue weighted by atomic mass is 9.99. The van der Waals surface area contributed by atoms with Crippen LogP contribution in [-0.4, -0.2) is 42.5 Å². The first-order valence-corrected chi connectivity index (χ1v) is 17.3. The van der Waals surface area contributed by atoms with Crippen molar-refractivity contribution in [3.8, 4) is 0 Å². The first-order chi connectivity index (χ1) is 17.7. The molecule has 3 aliphatic rings. The van der Waals surface area contributed by atoms with Gasteiger partial charge in [0.2, 0.25) is 0 Å². The highest BCUT2D eigenvalue weighted by Crippen LogP contribution is 2.67. The lowest BCUT2D eigenvalue weighted by molar-refractivity contribution is 0.414. The fourth-order valence-electron chi connectivity index (χ4n) is 6.71. The van der Waals surface area contributed by atoms with Gasteiger partial charge in [0.15, 0.2) is 0 Å². The van der Waals surface area contributed by atoms with Gasteiger partial charge in [-0.05, 0) is 86.9 Å². The first kappa shape index (κ1) is 26.4. The van der Waals surface area contributed by atoms with E-state index in [1.807, 2.05) is 5.31 Å². The standard InChI is InChI=1S/C33H45NP2/c1-34(2)26-25-27-23-24-32(35(28-15-7-3-8-16-28)29-17-9-4-10-18-29)33(27)36(30-19-11-5-12-20-30)31-21-13-6-14-22-31/h3-4,7-10,15-18,23-24,30-32H,5-6,11-14,19-22,25-26H2,1-2H3. The van der Waals surface area contributed by atoms with Crippen LogP contribution >= 0.6 is 15.8 Å². The van der Waals surface area contributed by atoms with Crippen molar-refractivity contribution in [3.05, 3.63) is 83.7 Å². The van der Waals surface area contributed by atoms with E-state index in [1.54, 1.807) is 16.2 Å². The van der Waals surface area contributed by atoms with Gasteiger partial charge in [0, 0.05) is 12.2 Å². The number of rotatable bonds is 9. The lowest BCUT2D eigenvalue weighted by Crippen LogP contribution is -2.27. The summed E-state index contributed by atoms with van der Waals surface area (Å²) in [5, 5.41) is 5.02. The summed E-state index contributed by atoms with van der Waals surface area (Å²) in [5.41, 5.74) is 4.19. The quantitative estimate of drug-likeness (QED) is 0.302. The molecule has 0 amide bonds. The van der Waals surface area contributed by atoms with Crippen LogP contribution < -0.4 is 10.6 Å². The van der Waals surface area contributed by atoms with E-state index in [0.29, 0.717) is 5.66 Å². The van der Waals surface area contributed by atoms with Gasteiger partial charge in [-0.3, -0.25) is 0 Å². The van der Waals surface area contributed by atoms with Gasteiger partial charge in [-0.25, -0.2) is 0 Å². The van der Waals surface area contributed by atoms with Crippen LogP contribution in [0.3, 0.4) is 0 Å². The van der Waals surface area contributed by atoms with Crippen molar-refractivity contribution in [2.45, 2.75) is 87.6 Å². The average Bonchev–Trinajstić information content (AvgIpc) is 3.33. The zero-order valence-electron chi connectivity index (χ0n) is 22.5. The molecule has 1 unspecified atom stereocenters. The highest BCUT2D eigenvalue weighted by Gasteiger charge is 2.41. The fourth-order valence-corrected chi connectivity index (χ4v) is 14.2. The Hall–Kier alpha value is -1.26. The lowest BCUT2D eigenvalue weighted by Gasteiger charge is -2.43. The summed E-state index contributed by atoms with van der Waals surface area (Å²) in [5.74, 6) is 0. The SMILES string of the molecule is CN(C)CCC1=C(P(C2CCCCC2)C2CCCCC2)C(P(c2ccccc2)c2ccccc2)C=C1. The van der Waals surface area contributed by atoms with Crippen molar-refractivity contribution in [2.24, 2.45) is 0 Å². The van der Waals surface area contributed by atoms with E-state index in [1.165, 1.54) is 70.6 Å². The molecule has 2 fully saturated rings. The minimum atomic E-state index is -0.461. The molecule has 0 radical (unpaired) electrons. The molecule has 36 heavy (non-hydrogen) atoms. The van der Waals surface area contributed by atoms with E-state index >= 15 is 0 Å². The van der Waals surface area contributed by atoms with Crippen molar-refractivity contribution in [3.63, 3.8) is 0 Å². The molecule has 0 N–H and O–H groups in total. The van der Waals surface area contributed by atoms with Gasteiger partial charge in [-0.2, -0.15) is 0 Å². The first-order valence-electron chi connectivity index (χ1n) is 14.5. The number of allylic oxidation sites excluding steroid dienone is 3. The summed E-state index contributed by atoms with van der Waals surface area (Å²) in [7, 11) is 3.91. The van der Waals surface area contributed by atoms with Crippen LogP contribution in [0.15, 0.2) is 83.7 Å². The van der Waals surface area contributed by atoms with Crippen molar-refractivity contribution >= 4 is 26.5 Å². The molecule has 2 aromatic carbocycles. The Morgan fingerprint density at radius 1 is 0.694 bits per heavy atom. The second kappa shape index (κ2) is 13.0. The van der Waals surface area contributed by atoms with E-state index in [9.17, 15) is 0 Å². The fraction of sp³-hybridized carbons (Fsp3) is 0.515. The van der Waals surface area contributed by atoms with Crippen LogP contribution in [0.2, 0.25) is 0 Å². The molecule has 2 saturated carbocycles. The third-order valence-electron chi connectivity index (χ3n) is 8.48. The van der Waals surface area contributed by atoms with E-state index in [-0.39, 0.29) is 7.92 Å². The summed E-state index contributed by atoms with van der Waals surface area (Å²) in [4.78, 5) is 2.38. The van der Waals surface area contributed by atoms with Crippen molar-refractivity contribution < 1.29 is 0 Å². The maximum Gasteiger partial charge on any atom is 0.0312 e. The van der Waals surface area contributed by atoms with E-state index in [4.69, 9.17) is 0 Å². The third kappa shape index (κ3) is 6.23. The van der Waals surface area contributed by atoms with Gasteiger partial charge < -0.3 is 4.90 Å². The minimum Gasteiger partial charge on any atom is -0.309 e. The number of benzene rings is 2. The Labute approximate surface area is 223 Å². The van der Waals surface area contributed by atoms with Gasteiger partial charge in [0.1, 0.15) is 0 Å². The highest BCUT2D eigenvalue weighted by molar-refractivity contribution is 7.75. The maximum absolute atomic E-state index is 2.66. The predicted octanol–water partition coefficient (Wildman–Crippen LogP) is 8.41. The second-order valence-corrected chi connectivity index (χ2v) is 16.4. The molecule has 1 atom stereocenters. The van der Waals surface area contributed by atoms with Crippen LogP contribution in [0.25, 0.3) is 0 Å². The highest BCUT2D eigenvalue weighted by atomic mass is 31.1. The normalized spacial score (nSPS) is 21.9. The molecule has 1 nitrogen and oxygen atoms in total. The predicted molar refractivity (Wildman–Crippen MR) is 163 cm³/mol.